The number of nitrogens with one attached hydrogen (secondary N) is 1. The van der Waals surface area contributed by atoms with E-state index < -0.39 is 22.5 Å². The van der Waals surface area contributed by atoms with Gasteiger partial charge in [0.15, 0.2) is 0 Å². The number of hydrogen-bond acceptors (Lipinski definition) is 5. The first-order valence-corrected chi connectivity index (χ1v) is 13.2. The molecule has 0 saturated heterocycles. The van der Waals surface area contributed by atoms with Gasteiger partial charge in [0.2, 0.25) is 5.91 Å². The molecule has 0 radical (unpaired) electrons. The van der Waals surface area contributed by atoms with E-state index in [0.717, 1.165) is 25.9 Å². The molecule has 1 aromatic heterocycles. The summed E-state index contributed by atoms with van der Waals surface area (Å²) in [6.07, 6.45) is 0. The van der Waals surface area contributed by atoms with Crippen molar-refractivity contribution in [3.63, 3.8) is 0 Å². The molecule has 7 nitrogen and oxygen atoms in total. The van der Waals surface area contributed by atoms with E-state index in [9.17, 15) is 18.0 Å². The summed E-state index contributed by atoms with van der Waals surface area (Å²) in [6.45, 7) is 1.92. The summed E-state index contributed by atoms with van der Waals surface area (Å²) in [5, 5.41) is 3.14. The summed E-state index contributed by atoms with van der Waals surface area (Å²) in [6, 6.07) is 17.3. The predicted octanol–water partition coefficient (Wildman–Crippen LogP) is 5.22. The number of benzene rings is 3. The third-order valence-electron chi connectivity index (χ3n) is 5.08. The van der Waals surface area contributed by atoms with Gasteiger partial charge in [-0.15, -0.1) is 0 Å². The van der Waals surface area contributed by atoms with Crippen LogP contribution in [0.2, 0.25) is 10.0 Å². The van der Waals surface area contributed by atoms with Crippen LogP contribution >= 0.6 is 34.5 Å². The normalized spacial score (nSPS) is 11.5. The van der Waals surface area contributed by atoms with E-state index in [0.29, 0.717) is 12.2 Å². The molecular weight excluding hydrogens is 517 g/mol. The van der Waals surface area contributed by atoms with Crippen molar-refractivity contribution in [2.24, 2.45) is 0 Å². The largest absolute Gasteiger partial charge is 0.324 e. The maximum Gasteiger partial charge on any atom is 0.308 e. The summed E-state index contributed by atoms with van der Waals surface area (Å²) in [7, 11) is -4.08. The van der Waals surface area contributed by atoms with Gasteiger partial charge < -0.3 is 5.32 Å². The van der Waals surface area contributed by atoms with Gasteiger partial charge in [-0.25, -0.2) is 8.42 Å². The van der Waals surface area contributed by atoms with E-state index in [1.165, 1.54) is 30.3 Å². The van der Waals surface area contributed by atoms with Crippen LogP contribution in [0.1, 0.15) is 6.92 Å². The number of carbonyl (C=O) groups excluding carboxylic acids is 1. The lowest BCUT2D eigenvalue weighted by atomic mass is 10.3. The van der Waals surface area contributed by atoms with E-state index in [2.05, 4.69) is 5.32 Å². The summed E-state index contributed by atoms with van der Waals surface area (Å²) in [5.41, 5.74) is 1.43. The lowest BCUT2D eigenvalue weighted by Crippen LogP contribution is -2.38. The fraction of sp³-hybridized carbons (Fsp3) is 0.130. The number of halogens is 2. The number of amides is 1. The second kappa shape index (κ2) is 9.79. The van der Waals surface area contributed by atoms with Gasteiger partial charge in [0, 0.05) is 12.2 Å². The average molecular weight is 536 g/mol. The lowest BCUT2D eigenvalue weighted by molar-refractivity contribution is -0.114. The highest BCUT2D eigenvalue weighted by Gasteiger charge is 2.27. The molecule has 0 aliphatic rings. The Morgan fingerprint density at radius 3 is 2.44 bits per heavy atom. The van der Waals surface area contributed by atoms with Gasteiger partial charge in [-0.1, -0.05) is 52.7 Å². The minimum Gasteiger partial charge on any atom is -0.324 e. The molecule has 0 atom stereocenters. The van der Waals surface area contributed by atoms with Crippen LogP contribution < -0.4 is 14.5 Å². The van der Waals surface area contributed by atoms with Crippen molar-refractivity contribution in [1.82, 2.24) is 4.57 Å². The van der Waals surface area contributed by atoms with Crippen LogP contribution in [-0.4, -0.2) is 25.4 Å². The molecule has 4 rings (SSSR count). The molecule has 4 aromatic rings. The van der Waals surface area contributed by atoms with Gasteiger partial charge >= 0.3 is 4.87 Å². The van der Waals surface area contributed by atoms with Gasteiger partial charge in [0.1, 0.15) is 6.54 Å². The van der Waals surface area contributed by atoms with Gasteiger partial charge in [0.05, 0.1) is 30.8 Å². The maximum absolute atomic E-state index is 13.4. The van der Waals surface area contributed by atoms with Crippen LogP contribution in [0.3, 0.4) is 0 Å². The highest BCUT2D eigenvalue weighted by Crippen LogP contribution is 2.30. The fourth-order valence-corrected chi connectivity index (χ4v) is 6.17. The van der Waals surface area contributed by atoms with E-state index in [1.54, 1.807) is 41.0 Å². The monoisotopic (exact) mass is 535 g/mol. The number of hydrogen-bond donors (Lipinski definition) is 1. The summed E-state index contributed by atoms with van der Waals surface area (Å²) >= 11 is 13.2. The Labute approximate surface area is 210 Å². The molecule has 0 aliphatic heterocycles. The standard InChI is InChI=1S/C23H19Cl2N3O4S2/c1-2-27-20-11-8-15(12-21(20)33-23(27)30)26-22(29)14-28(16-9-10-18(24)19(25)13-16)34(31,32)17-6-4-3-5-7-17/h3-13H,2,14H2,1H3,(H,26,29). The zero-order valence-electron chi connectivity index (χ0n) is 17.9. The van der Waals surface area contributed by atoms with Gasteiger partial charge in [-0.05, 0) is 55.5 Å². The first kappa shape index (κ1) is 24.3. The van der Waals surface area contributed by atoms with Crippen LogP contribution in [0, 0.1) is 0 Å². The topological polar surface area (TPSA) is 88.5 Å². The number of carbonyl (C=O) groups is 1. The number of sulfonamides is 1. The molecule has 1 amide bonds. The van der Waals surface area contributed by atoms with Crippen LogP contribution in [0.25, 0.3) is 10.2 Å². The second-order valence-electron chi connectivity index (χ2n) is 7.27. The highest BCUT2D eigenvalue weighted by molar-refractivity contribution is 7.92. The van der Waals surface area contributed by atoms with Crippen molar-refractivity contribution < 1.29 is 13.2 Å². The van der Waals surface area contributed by atoms with E-state index in [1.807, 2.05) is 6.92 Å². The van der Waals surface area contributed by atoms with Crippen LogP contribution in [0.5, 0.6) is 0 Å². The minimum atomic E-state index is -4.08. The zero-order valence-corrected chi connectivity index (χ0v) is 21.0. The molecule has 11 heteroatoms. The molecule has 0 bridgehead atoms. The molecule has 3 aromatic carbocycles. The Kier molecular flexibility index (Phi) is 6.99. The Bertz CT molecular complexity index is 1530. The number of aromatic nitrogens is 1. The number of aryl methyl sites for hydroxylation is 1. The van der Waals surface area contributed by atoms with E-state index in [-0.39, 0.29) is 25.5 Å². The Balaban J connectivity index is 1.66. The highest BCUT2D eigenvalue weighted by atomic mass is 35.5. The quantitative estimate of drug-likeness (QED) is 0.351. The third-order valence-corrected chi connectivity index (χ3v) is 8.55. The number of thiazole rings is 1. The molecular formula is C23H19Cl2N3O4S2. The van der Waals surface area contributed by atoms with Crippen molar-refractivity contribution in [3.05, 3.63) is 86.4 Å². The van der Waals surface area contributed by atoms with Crippen molar-refractivity contribution >= 4 is 72.1 Å². The molecule has 34 heavy (non-hydrogen) atoms. The molecule has 0 spiro atoms. The fourth-order valence-electron chi connectivity index (χ4n) is 3.45. The molecule has 0 fully saturated rings. The zero-order chi connectivity index (χ0) is 24.5. The van der Waals surface area contributed by atoms with Crippen molar-refractivity contribution in [2.45, 2.75) is 18.4 Å². The lowest BCUT2D eigenvalue weighted by Gasteiger charge is -2.24. The van der Waals surface area contributed by atoms with Crippen LogP contribution in [0.15, 0.2) is 76.4 Å². The van der Waals surface area contributed by atoms with Crippen LogP contribution in [0.4, 0.5) is 11.4 Å². The molecule has 0 aliphatic carbocycles. The van der Waals surface area contributed by atoms with Crippen molar-refractivity contribution in [2.75, 3.05) is 16.2 Å². The first-order chi connectivity index (χ1) is 16.2. The molecule has 1 N–H and O–H groups in total. The predicted molar refractivity (Wildman–Crippen MR) is 138 cm³/mol. The summed E-state index contributed by atoms with van der Waals surface area (Å²) in [4.78, 5) is 25.0. The van der Waals surface area contributed by atoms with Gasteiger partial charge in [-0.2, -0.15) is 0 Å². The molecule has 0 unspecified atom stereocenters. The Morgan fingerprint density at radius 1 is 1.03 bits per heavy atom. The van der Waals surface area contributed by atoms with Crippen molar-refractivity contribution in [3.8, 4) is 0 Å². The average Bonchev–Trinajstić information content (AvgIpc) is 3.13. The summed E-state index contributed by atoms with van der Waals surface area (Å²) < 4.78 is 30.1. The summed E-state index contributed by atoms with van der Waals surface area (Å²) in [5.74, 6) is -0.563. The number of nitrogens with zero attached hydrogens (tertiary/aromatic N) is 2. The molecule has 1 heterocycles. The third kappa shape index (κ3) is 4.83. The van der Waals surface area contributed by atoms with E-state index >= 15 is 0 Å². The van der Waals surface area contributed by atoms with Crippen LogP contribution in [-0.2, 0) is 21.4 Å². The second-order valence-corrected chi connectivity index (χ2v) is 10.9. The minimum absolute atomic E-state index is 0.0287. The van der Waals surface area contributed by atoms with Gasteiger partial charge in [0.25, 0.3) is 10.0 Å². The number of anilines is 2. The Morgan fingerprint density at radius 2 is 1.76 bits per heavy atom. The molecule has 0 saturated carbocycles. The van der Waals surface area contributed by atoms with Gasteiger partial charge in [-0.3, -0.25) is 18.5 Å². The number of rotatable bonds is 7. The molecule has 176 valence electrons. The number of fused-ring (bicyclic) bond motifs is 1. The smallest absolute Gasteiger partial charge is 0.308 e. The SMILES string of the molecule is CCn1c(=O)sc2cc(NC(=O)CN(c3ccc(Cl)c(Cl)c3)S(=O)(=O)c3ccccc3)ccc21. The maximum atomic E-state index is 13.4. The first-order valence-electron chi connectivity index (χ1n) is 10.2. The Hall–Kier alpha value is -2.85. The van der Waals surface area contributed by atoms with Crippen molar-refractivity contribution in [1.29, 1.82) is 0 Å². The van der Waals surface area contributed by atoms with E-state index in [4.69, 9.17) is 23.2 Å².